The Morgan fingerprint density at radius 3 is 2.48 bits per heavy atom. The van der Waals surface area contributed by atoms with Crippen LogP contribution in [0.5, 0.6) is 5.75 Å². The maximum atomic E-state index is 10.8. The second-order valence-electron chi connectivity index (χ2n) is 7.46. The van der Waals surface area contributed by atoms with Gasteiger partial charge < -0.3 is 15.3 Å². The molecule has 1 unspecified atom stereocenters. The summed E-state index contributed by atoms with van der Waals surface area (Å²) in [5.74, 6) is 0.249. The molecule has 0 aliphatic rings. The van der Waals surface area contributed by atoms with Crippen LogP contribution in [0.1, 0.15) is 37.4 Å². The summed E-state index contributed by atoms with van der Waals surface area (Å²) in [7, 11) is 0. The van der Waals surface area contributed by atoms with Gasteiger partial charge in [0.1, 0.15) is 5.75 Å². The highest BCUT2D eigenvalue weighted by molar-refractivity contribution is 5.98. The zero-order chi connectivity index (χ0) is 22.2. The molecule has 0 saturated carbocycles. The molecule has 2 aromatic carbocycles. The monoisotopic (exact) mass is 415 g/mol. The van der Waals surface area contributed by atoms with Crippen LogP contribution in [-0.4, -0.2) is 33.0 Å². The van der Waals surface area contributed by atoms with E-state index in [1.807, 2.05) is 55.5 Å². The number of aliphatic hydroxyl groups excluding tert-OH is 2. The van der Waals surface area contributed by atoms with Crippen molar-refractivity contribution in [2.24, 2.45) is 0 Å². The van der Waals surface area contributed by atoms with Crippen molar-refractivity contribution in [3.05, 3.63) is 95.9 Å². The molecule has 3 N–H and O–H groups in total. The summed E-state index contributed by atoms with van der Waals surface area (Å²) in [5.41, 5.74) is 4.33. The number of aliphatic hydroxyl groups is 2. The Bertz CT molecular complexity index is 1100. The first-order valence-corrected chi connectivity index (χ1v) is 10.5. The summed E-state index contributed by atoms with van der Waals surface area (Å²) in [6.45, 7) is 5.87. The molecule has 3 aromatic rings. The van der Waals surface area contributed by atoms with Crippen LogP contribution in [-0.2, 0) is 0 Å². The van der Waals surface area contributed by atoms with Gasteiger partial charge in [-0.1, -0.05) is 56.0 Å². The first-order chi connectivity index (χ1) is 15.0. The van der Waals surface area contributed by atoms with Gasteiger partial charge in [-0.15, -0.1) is 0 Å². The molecular formula is C27H29NO3. The number of benzene rings is 2. The molecule has 0 aliphatic carbocycles. The lowest BCUT2D eigenvalue weighted by atomic mass is 9.92. The molecule has 1 atom stereocenters. The molecular weight excluding hydrogens is 386 g/mol. The van der Waals surface area contributed by atoms with E-state index >= 15 is 0 Å². The van der Waals surface area contributed by atoms with Gasteiger partial charge in [0, 0.05) is 11.6 Å². The highest BCUT2D eigenvalue weighted by Gasteiger charge is 2.15. The summed E-state index contributed by atoms with van der Waals surface area (Å²) in [5, 5.41) is 32.1. The van der Waals surface area contributed by atoms with Crippen LogP contribution in [0.25, 0.3) is 22.4 Å². The summed E-state index contributed by atoms with van der Waals surface area (Å²) in [6, 6.07) is 17.1. The topological polar surface area (TPSA) is 73.6 Å². The zero-order valence-corrected chi connectivity index (χ0v) is 17.8. The Kier molecular flexibility index (Phi) is 7.76. The molecule has 0 radical (unpaired) electrons. The van der Waals surface area contributed by atoms with Crippen LogP contribution in [0.3, 0.4) is 0 Å². The fourth-order valence-corrected chi connectivity index (χ4v) is 3.71. The lowest BCUT2D eigenvalue weighted by molar-refractivity contribution is 0.202. The minimum atomic E-state index is -0.719. The molecule has 0 aliphatic heterocycles. The van der Waals surface area contributed by atoms with Gasteiger partial charge in [-0.3, -0.25) is 4.98 Å². The molecule has 0 amide bonds. The van der Waals surface area contributed by atoms with E-state index in [0.717, 1.165) is 33.2 Å². The quantitative estimate of drug-likeness (QED) is 0.403. The number of pyridine rings is 1. The lowest BCUT2D eigenvalue weighted by Gasteiger charge is -2.18. The Morgan fingerprint density at radius 2 is 1.81 bits per heavy atom. The van der Waals surface area contributed by atoms with Gasteiger partial charge in [-0.25, -0.2) is 0 Å². The van der Waals surface area contributed by atoms with Crippen molar-refractivity contribution in [2.75, 3.05) is 6.61 Å². The Balaban J connectivity index is 1.97. The largest absolute Gasteiger partial charge is 0.507 e. The lowest BCUT2D eigenvalue weighted by Crippen LogP contribution is -2.13. The van der Waals surface area contributed by atoms with E-state index in [0.29, 0.717) is 24.8 Å². The van der Waals surface area contributed by atoms with Crippen molar-refractivity contribution >= 4 is 22.4 Å². The number of fused-ring (bicyclic) bond motifs is 1. The number of allylic oxidation sites excluding steroid dienone is 1. The number of aromatic nitrogens is 1. The summed E-state index contributed by atoms with van der Waals surface area (Å²) < 4.78 is 0. The molecule has 31 heavy (non-hydrogen) atoms. The van der Waals surface area contributed by atoms with Gasteiger partial charge in [-0.05, 0) is 71.2 Å². The van der Waals surface area contributed by atoms with E-state index in [9.17, 15) is 15.3 Å². The maximum Gasteiger partial charge on any atom is 0.123 e. The molecule has 4 heteroatoms. The third-order valence-corrected chi connectivity index (χ3v) is 5.45. The summed E-state index contributed by atoms with van der Waals surface area (Å²) >= 11 is 0. The van der Waals surface area contributed by atoms with Crippen LogP contribution in [0.4, 0.5) is 0 Å². The Labute approximate surface area is 183 Å². The van der Waals surface area contributed by atoms with E-state index in [-0.39, 0.29) is 12.4 Å². The van der Waals surface area contributed by atoms with E-state index < -0.39 is 6.10 Å². The number of aromatic hydroxyl groups is 1. The van der Waals surface area contributed by atoms with E-state index in [1.165, 1.54) is 0 Å². The average molecular weight is 416 g/mol. The highest BCUT2D eigenvalue weighted by Crippen LogP contribution is 2.32. The molecule has 1 aromatic heterocycles. The number of hydrogen-bond acceptors (Lipinski definition) is 4. The second-order valence-corrected chi connectivity index (χ2v) is 7.46. The molecule has 3 rings (SSSR count). The minimum Gasteiger partial charge on any atom is -0.507 e. The van der Waals surface area contributed by atoms with E-state index in [4.69, 9.17) is 0 Å². The number of phenols is 1. The van der Waals surface area contributed by atoms with Crippen molar-refractivity contribution in [1.29, 1.82) is 0 Å². The number of hydrogen-bond donors (Lipinski definition) is 3. The molecule has 0 spiro atoms. The predicted molar refractivity (Wildman–Crippen MR) is 128 cm³/mol. The molecule has 0 saturated heterocycles. The van der Waals surface area contributed by atoms with Crippen molar-refractivity contribution < 1.29 is 15.3 Å². The molecule has 0 bridgehead atoms. The smallest absolute Gasteiger partial charge is 0.123 e. The second kappa shape index (κ2) is 10.7. The number of rotatable bonds is 9. The van der Waals surface area contributed by atoms with Crippen LogP contribution >= 0.6 is 0 Å². The minimum absolute atomic E-state index is 0.131. The fourth-order valence-electron chi connectivity index (χ4n) is 3.71. The zero-order valence-electron chi connectivity index (χ0n) is 17.8. The molecule has 160 valence electrons. The molecule has 4 nitrogen and oxygen atoms in total. The van der Waals surface area contributed by atoms with E-state index in [1.54, 1.807) is 18.3 Å². The maximum absolute atomic E-state index is 10.8. The Hall–Kier alpha value is -3.21. The van der Waals surface area contributed by atoms with Crippen molar-refractivity contribution in [3.63, 3.8) is 0 Å². The standard InChI is InChI=1S/C27H29NO3/c1-3-19(2)22(15-17-29)26(30)14-12-21(25-10-6-7-16-28-25)18-20-11-13-27(31)24-9-5-4-8-23(20)24/h4-11,13,15-16,18,26,29-31H,2-3,12,14,17H2,1H3/b21-18-,22-15-. The first kappa shape index (κ1) is 22.5. The van der Waals surface area contributed by atoms with Crippen molar-refractivity contribution in [3.8, 4) is 5.75 Å². The van der Waals surface area contributed by atoms with Crippen LogP contribution in [0, 0.1) is 0 Å². The van der Waals surface area contributed by atoms with Gasteiger partial charge >= 0.3 is 0 Å². The van der Waals surface area contributed by atoms with Gasteiger partial charge in [0.2, 0.25) is 0 Å². The van der Waals surface area contributed by atoms with Gasteiger partial charge in [-0.2, -0.15) is 0 Å². The first-order valence-electron chi connectivity index (χ1n) is 10.5. The molecule has 1 heterocycles. The summed E-state index contributed by atoms with van der Waals surface area (Å²) in [6.07, 6.45) is 6.52. The SMILES string of the molecule is C=C(CC)/C(=C/CO)C(O)CC/C(=C/c1ccc(O)c2ccccc12)c1ccccn1. The average Bonchev–Trinajstić information content (AvgIpc) is 2.81. The Morgan fingerprint density at radius 1 is 1.06 bits per heavy atom. The number of phenolic OH excluding ortho intramolecular Hbond substituents is 1. The number of nitrogens with zero attached hydrogens (tertiary/aromatic N) is 1. The highest BCUT2D eigenvalue weighted by atomic mass is 16.3. The van der Waals surface area contributed by atoms with Gasteiger partial charge in [0.25, 0.3) is 0 Å². The van der Waals surface area contributed by atoms with Crippen molar-refractivity contribution in [2.45, 2.75) is 32.3 Å². The van der Waals surface area contributed by atoms with Crippen LogP contribution in [0.15, 0.2) is 84.6 Å². The normalized spacial score (nSPS) is 13.4. The summed E-state index contributed by atoms with van der Waals surface area (Å²) in [4.78, 5) is 4.51. The van der Waals surface area contributed by atoms with Crippen LogP contribution in [0.2, 0.25) is 0 Å². The van der Waals surface area contributed by atoms with E-state index in [2.05, 4.69) is 17.6 Å². The fraction of sp³-hybridized carbons (Fsp3) is 0.222. The van der Waals surface area contributed by atoms with Gasteiger partial charge in [0.05, 0.1) is 18.4 Å². The third-order valence-electron chi connectivity index (χ3n) is 5.45. The molecule has 0 fully saturated rings. The predicted octanol–water partition coefficient (Wildman–Crippen LogP) is 5.51. The van der Waals surface area contributed by atoms with Gasteiger partial charge in [0.15, 0.2) is 0 Å². The third kappa shape index (κ3) is 5.48. The van der Waals surface area contributed by atoms with Crippen LogP contribution < -0.4 is 0 Å². The van der Waals surface area contributed by atoms with Crippen molar-refractivity contribution in [1.82, 2.24) is 4.98 Å².